The Balaban J connectivity index is 1.81. The summed E-state index contributed by atoms with van der Waals surface area (Å²) in [5.41, 5.74) is 3.14. The van der Waals surface area contributed by atoms with Crippen LogP contribution in [0, 0.1) is 0 Å². The number of aromatic nitrogens is 3. The summed E-state index contributed by atoms with van der Waals surface area (Å²) < 4.78 is 28.7. The lowest BCUT2D eigenvalue weighted by atomic mass is 10.2. The lowest BCUT2D eigenvalue weighted by Crippen LogP contribution is -2.42. The molecule has 0 spiro atoms. The molecule has 0 fully saturated rings. The van der Waals surface area contributed by atoms with Gasteiger partial charge in [-0.3, -0.25) is 34.4 Å². The van der Waals surface area contributed by atoms with Crippen molar-refractivity contribution < 1.29 is 18.0 Å². The molecule has 13 heteroatoms. The van der Waals surface area contributed by atoms with Crippen LogP contribution in [0.4, 0.5) is 0 Å². The minimum Gasteiger partial charge on any atom is -0.280 e. The van der Waals surface area contributed by atoms with E-state index < -0.39 is 33.1 Å². The number of hydrazine groups is 1. The zero-order chi connectivity index (χ0) is 25.2. The van der Waals surface area contributed by atoms with Crippen molar-refractivity contribution in [3.8, 4) is 0 Å². The van der Waals surface area contributed by atoms with E-state index >= 15 is 0 Å². The minimum absolute atomic E-state index is 0.0152. The SMILES string of the molecule is CCN(CC)S(=O)(=O)c1cccc(C(=O)NNC(=O)c2ccc3c(=O)n(C)c(=O)n(C)c3n2)c1. The maximum Gasteiger partial charge on any atom is 0.332 e. The van der Waals surface area contributed by atoms with Crippen molar-refractivity contribution in [3.05, 3.63) is 68.5 Å². The molecule has 2 aromatic heterocycles. The molecule has 2 heterocycles. The highest BCUT2D eigenvalue weighted by Gasteiger charge is 2.23. The topological polar surface area (TPSA) is 152 Å². The maximum atomic E-state index is 12.7. The molecule has 0 aliphatic rings. The second-order valence-electron chi connectivity index (χ2n) is 7.30. The van der Waals surface area contributed by atoms with Crippen LogP contribution in [-0.2, 0) is 24.1 Å². The van der Waals surface area contributed by atoms with Gasteiger partial charge in [0.1, 0.15) is 11.3 Å². The van der Waals surface area contributed by atoms with Gasteiger partial charge >= 0.3 is 5.69 Å². The average molecular weight is 489 g/mol. The molecule has 2 amide bonds. The molecule has 0 atom stereocenters. The normalized spacial score (nSPS) is 11.6. The van der Waals surface area contributed by atoms with Gasteiger partial charge in [0.15, 0.2) is 0 Å². The van der Waals surface area contributed by atoms with Crippen LogP contribution in [0.15, 0.2) is 50.9 Å². The quantitative estimate of drug-likeness (QED) is 0.453. The van der Waals surface area contributed by atoms with Crippen molar-refractivity contribution >= 4 is 32.9 Å². The molecule has 0 aliphatic carbocycles. The Morgan fingerprint density at radius 1 is 0.971 bits per heavy atom. The van der Waals surface area contributed by atoms with Crippen molar-refractivity contribution in [1.29, 1.82) is 0 Å². The van der Waals surface area contributed by atoms with Crippen LogP contribution in [-0.4, -0.2) is 51.7 Å². The summed E-state index contributed by atoms with van der Waals surface area (Å²) in [6.07, 6.45) is 0. The van der Waals surface area contributed by atoms with Gasteiger partial charge < -0.3 is 0 Å². The number of benzene rings is 1. The highest BCUT2D eigenvalue weighted by molar-refractivity contribution is 7.89. The fourth-order valence-electron chi connectivity index (χ4n) is 3.34. The molecule has 3 rings (SSSR count). The summed E-state index contributed by atoms with van der Waals surface area (Å²) >= 11 is 0. The van der Waals surface area contributed by atoms with E-state index in [1.165, 1.54) is 54.8 Å². The molecule has 1 aromatic carbocycles. The second-order valence-corrected chi connectivity index (χ2v) is 9.24. The van der Waals surface area contributed by atoms with Gasteiger partial charge in [0.05, 0.1) is 10.3 Å². The summed E-state index contributed by atoms with van der Waals surface area (Å²) in [6, 6.07) is 8.09. The number of rotatable bonds is 6. The third-order valence-electron chi connectivity index (χ3n) is 5.26. The molecule has 12 nitrogen and oxygen atoms in total. The predicted octanol–water partition coefficient (Wildman–Crippen LogP) is -0.262. The van der Waals surface area contributed by atoms with Crippen LogP contribution in [0.1, 0.15) is 34.7 Å². The van der Waals surface area contributed by atoms with E-state index in [9.17, 15) is 27.6 Å². The first-order valence-corrected chi connectivity index (χ1v) is 11.7. The Morgan fingerprint density at radius 2 is 1.62 bits per heavy atom. The predicted molar refractivity (Wildman–Crippen MR) is 124 cm³/mol. The number of fused-ring (bicyclic) bond motifs is 1. The average Bonchev–Trinajstić information content (AvgIpc) is 2.84. The van der Waals surface area contributed by atoms with Crippen LogP contribution in [0.5, 0.6) is 0 Å². The molecule has 2 N–H and O–H groups in total. The number of hydrogen-bond donors (Lipinski definition) is 2. The van der Waals surface area contributed by atoms with Crippen molar-refractivity contribution in [3.63, 3.8) is 0 Å². The van der Waals surface area contributed by atoms with Crippen LogP contribution >= 0.6 is 0 Å². The first-order valence-electron chi connectivity index (χ1n) is 10.3. The number of sulfonamides is 1. The number of aryl methyl sites for hydroxylation is 1. The number of hydrogen-bond acceptors (Lipinski definition) is 7. The van der Waals surface area contributed by atoms with Gasteiger partial charge in [-0.1, -0.05) is 19.9 Å². The summed E-state index contributed by atoms with van der Waals surface area (Å²) in [5, 5.41) is 0.149. The largest absolute Gasteiger partial charge is 0.332 e. The van der Waals surface area contributed by atoms with Gasteiger partial charge in [0, 0.05) is 32.7 Å². The molecule has 3 aromatic rings. The molecule has 0 saturated heterocycles. The van der Waals surface area contributed by atoms with Crippen molar-refractivity contribution in [2.75, 3.05) is 13.1 Å². The number of pyridine rings is 1. The van der Waals surface area contributed by atoms with E-state index in [1.807, 2.05) is 0 Å². The first kappa shape index (κ1) is 24.8. The Hall–Kier alpha value is -3.84. The zero-order valence-corrected chi connectivity index (χ0v) is 19.8. The fraction of sp³-hybridized carbons (Fsp3) is 0.286. The lowest BCUT2D eigenvalue weighted by Gasteiger charge is -2.18. The molecule has 0 aliphatic heterocycles. The molecule has 0 unspecified atom stereocenters. The molecule has 0 bridgehead atoms. The number of carbonyl (C=O) groups is 2. The molecule has 0 radical (unpaired) electrons. The van der Waals surface area contributed by atoms with Crippen LogP contribution < -0.4 is 22.1 Å². The van der Waals surface area contributed by atoms with Gasteiger partial charge in [0.2, 0.25) is 10.0 Å². The summed E-state index contributed by atoms with van der Waals surface area (Å²) in [4.78, 5) is 53.4. The Kier molecular flexibility index (Phi) is 6.98. The fourth-order valence-corrected chi connectivity index (χ4v) is 4.85. The number of nitrogens with zero attached hydrogens (tertiary/aromatic N) is 4. The summed E-state index contributed by atoms with van der Waals surface area (Å²) in [5.74, 6) is -1.54. The minimum atomic E-state index is -3.77. The number of nitrogens with one attached hydrogen (secondary N) is 2. The van der Waals surface area contributed by atoms with Gasteiger partial charge in [-0.15, -0.1) is 0 Å². The van der Waals surface area contributed by atoms with Gasteiger partial charge in [-0.05, 0) is 30.3 Å². The Labute approximate surface area is 194 Å². The first-order chi connectivity index (χ1) is 16.0. The van der Waals surface area contributed by atoms with Gasteiger partial charge in [-0.2, -0.15) is 4.31 Å². The number of amides is 2. The van der Waals surface area contributed by atoms with Crippen LogP contribution in [0.3, 0.4) is 0 Å². The monoisotopic (exact) mass is 488 g/mol. The smallest absolute Gasteiger partial charge is 0.280 e. The number of carbonyl (C=O) groups excluding carboxylic acids is 2. The van der Waals surface area contributed by atoms with E-state index in [1.54, 1.807) is 13.8 Å². The van der Waals surface area contributed by atoms with Gasteiger partial charge in [-0.25, -0.2) is 18.2 Å². The summed E-state index contributed by atoms with van der Waals surface area (Å²) in [7, 11) is -1.01. The van der Waals surface area contributed by atoms with E-state index in [4.69, 9.17) is 0 Å². The van der Waals surface area contributed by atoms with Crippen molar-refractivity contribution in [2.45, 2.75) is 18.7 Å². The second kappa shape index (κ2) is 9.57. The Bertz CT molecular complexity index is 1500. The van der Waals surface area contributed by atoms with E-state index in [0.29, 0.717) is 0 Å². The Morgan fingerprint density at radius 3 is 2.26 bits per heavy atom. The van der Waals surface area contributed by atoms with Crippen molar-refractivity contribution in [2.24, 2.45) is 14.1 Å². The highest BCUT2D eigenvalue weighted by atomic mass is 32.2. The van der Waals surface area contributed by atoms with E-state index in [-0.39, 0.29) is 40.3 Å². The van der Waals surface area contributed by atoms with E-state index in [0.717, 1.165) is 9.13 Å². The molecule has 180 valence electrons. The third kappa shape index (κ3) is 4.47. The molecule has 0 saturated carbocycles. The summed E-state index contributed by atoms with van der Waals surface area (Å²) in [6.45, 7) is 3.98. The van der Waals surface area contributed by atoms with Crippen LogP contribution in [0.2, 0.25) is 0 Å². The van der Waals surface area contributed by atoms with Gasteiger partial charge in [0.25, 0.3) is 17.4 Å². The molecular formula is C21H24N6O6S. The highest BCUT2D eigenvalue weighted by Crippen LogP contribution is 2.17. The molecular weight excluding hydrogens is 464 g/mol. The lowest BCUT2D eigenvalue weighted by molar-refractivity contribution is 0.0844. The molecule has 34 heavy (non-hydrogen) atoms. The standard InChI is InChI=1S/C21H24N6O6S/c1-5-27(6-2)34(32,33)14-9-7-8-13(12-14)18(28)23-24-19(29)16-11-10-15-17(22-16)25(3)21(31)26(4)20(15)30/h7-12H,5-6H2,1-4H3,(H,23,28)(H,24,29). The van der Waals surface area contributed by atoms with Crippen LogP contribution in [0.25, 0.3) is 11.0 Å². The van der Waals surface area contributed by atoms with E-state index in [2.05, 4.69) is 15.8 Å². The third-order valence-corrected chi connectivity index (χ3v) is 7.31. The zero-order valence-electron chi connectivity index (χ0n) is 19.0. The maximum absolute atomic E-state index is 12.7. The van der Waals surface area contributed by atoms with Crippen molar-refractivity contribution in [1.82, 2.24) is 29.3 Å².